The van der Waals surface area contributed by atoms with Gasteiger partial charge in [0, 0.05) is 17.4 Å². The average Bonchev–Trinajstić information content (AvgIpc) is 2.67. The molecule has 0 saturated carbocycles. The topological polar surface area (TPSA) is 9.23 Å². The largest absolute Gasteiger partial charge is 0.496 e. The lowest BCUT2D eigenvalue weighted by Gasteiger charge is -2.20. The van der Waals surface area contributed by atoms with Gasteiger partial charge in [-0.15, -0.1) is 0 Å². The minimum absolute atomic E-state index is 0.295. The predicted molar refractivity (Wildman–Crippen MR) is 101 cm³/mol. The van der Waals surface area contributed by atoms with E-state index in [4.69, 9.17) is 4.74 Å². The maximum absolute atomic E-state index is 5.63. The molecule has 3 rings (SSSR count). The van der Waals surface area contributed by atoms with E-state index >= 15 is 0 Å². The Morgan fingerprint density at radius 1 is 0.625 bits per heavy atom. The Balaban J connectivity index is 2.00. The summed E-state index contributed by atoms with van der Waals surface area (Å²) in [6.45, 7) is 4.50. The van der Waals surface area contributed by atoms with Crippen molar-refractivity contribution in [2.24, 2.45) is 0 Å². The Bertz CT molecular complexity index is 778. The van der Waals surface area contributed by atoms with Crippen molar-refractivity contribution in [1.82, 2.24) is 0 Å². The molecular formula is C23H24O. The third-order valence-electron chi connectivity index (χ3n) is 4.82. The van der Waals surface area contributed by atoms with Gasteiger partial charge in [-0.25, -0.2) is 0 Å². The maximum atomic E-state index is 5.63. The van der Waals surface area contributed by atoms with Gasteiger partial charge >= 0.3 is 0 Å². The third-order valence-corrected chi connectivity index (χ3v) is 4.82. The quantitative estimate of drug-likeness (QED) is 0.561. The standard InChI is InChI=1S/C23H24O/c1-17(19-10-6-4-7-11-19)21-14-15-23(24-3)22(16-21)18(2)20-12-8-5-9-13-20/h4-18H,1-3H3. The van der Waals surface area contributed by atoms with Crippen molar-refractivity contribution in [2.75, 3.05) is 7.11 Å². The summed E-state index contributed by atoms with van der Waals surface area (Å²) in [6, 6.07) is 27.8. The molecule has 0 saturated heterocycles. The van der Waals surface area contributed by atoms with Gasteiger partial charge in [-0.1, -0.05) is 86.6 Å². The molecule has 0 aromatic heterocycles. The minimum atomic E-state index is 0.295. The van der Waals surface area contributed by atoms with Crippen molar-refractivity contribution in [1.29, 1.82) is 0 Å². The van der Waals surface area contributed by atoms with Gasteiger partial charge in [-0.05, 0) is 22.8 Å². The molecule has 0 radical (unpaired) electrons. The first-order chi connectivity index (χ1) is 11.7. The highest BCUT2D eigenvalue weighted by Gasteiger charge is 2.16. The van der Waals surface area contributed by atoms with E-state index < -0.39 is 0 Å². The highest BCUT2D eigenvalue weighted by atomic mass is 16.5. The number of methoxy groups -OCH3 is 1. The Morgan fingerprint density at radius 2 is 1.17 bits per heavy atom. The number of benzene rings is 3. The van der Waals surface area contributed by atoms with E-state index in [1.165, 1.54) is 22.3 Å². The SMILES string of the molecule is COc1ccc(C(C)c2ccccc2)cc1C(C)c1ccccc1. The molecule has 0 spiro atoms. The van der Waals surface area contributed by atoms with Crippen LogP contribution in [-0.2, 0) is 0 Å². The van der Waals surface area contributed by atoms with Gasteiger partial charge in [0.05, 0.1) is 7.11 Å². The molecule has 0 heterocycles. The fourth-order valence-electron chi connectivity index (χ4n) is 3.22. The zero-order valence-electron chi connectivity index (χ0n) is 14.6. The third kappa shape index (κ3) is 3.35. The summed E-state index contributed by atoms with van der Waals surface area (Å²) in [7, 11) is 1.75. The van der Waals surface area contributed by atoms with E-state index in [1.54, 1.807) is 7.11 Å². The fourth-order valence-corrected chi connectivity index (χ4v) is 3.22. The van der Waals surface area contributed by atoms with Crippen LogP contribution in [0.5, 0.6) is 5.75 Å². The van der Waals surface area contributed by atoms with E-state index in [-0.39, 0.29) is 0 Å². The Hall–Kier alpha value is -2.54. The van der Waals surface area contributed by atoms with Gasteiger partial charge in [0.15, 0.2) is 0 Å². The van der Waals surface area contributed by atoms with Crippen LogP contribution in [0.25, 0.3) is 0 Å². The monoisotopic (exact) mass is 316 g/mol. The molecule has 3 aromatic carbocycles. The summed E-state index contributed by atoms with van der Waals surface area (Å²) >= 11 is 0. The number of hydrogen-bond donors (Lipinski definition) is 0. The van der Waals surface area contributed by atoms with Crippen molar-refractivity contribution in [2.45, 2.75) is 25.7 Å². The molecule has 1 nitrogen and oxygen atoms in total. The number of ether oxygens (including phenoxy) is 1. The minimum Gasteiger partial charge on any atom is -0.496 e. The predicted octanol–water partition coefficient (Wildman–Crippen LogP) is 6.00. The highest BCUT2D eigenvalue weighted by Crippen LogP contribution is 2.35. The Labute approximate surface area is 144 Å². The van der Waals surface area contributed by atoms with Crippen LogP contribution in [0.4, 0.5) is 0 Å². The van der Waals surface area contributed by atoms with E-state index in [0.717, 1.165) is 5.75 Å². The first kappa shape index (κ1) is 16.3. The molecule has 2 unspecified atom stereocenters. The lowest BCUT2D eigenvalue weighted by Crippen LogP contribution is -2.03. The van der Waals surface area contributed by atoms with Crippen molar-refractivity contribution >= 4 is 0 Å². The second-order valence-corrected chi connectivity index (χ2v) is 6.27. The smallest absolute Gasteiger partial charge is 0.122 e. The molecule has 0 amide bonds. The van der Waals surface area contributed by atoms with Crippen molar-refractivity contribution in [3.05, 3.63) is 101 Å². The van der Waals surface area contributed by atoms with Crippen LogP contribution in [0.15, 0.2) is 78.9 Å². The lowest BCUT2D eigenvalue weighted by atomic mass is 9.87. The van der Waals surface area contributed by atoms with Crippen molar-refractivity contribution in [3.8, 4) is 5.75 Å². The summed E-state index contributed by atoms with van der Waals surface area (Å²) in [4.78, 5) is 0. The van der Waals surface area contributed by atoms with Crippen LogP contribution >= 0.6 is 0 Å². The van der Waals surface area contributed by atoms with Gasteiger partial charge in [-0.3, -0.25) is 0 Å². The molecular weight excluding hydrogens is 292 g/mol. The maximum Gasteiger partial charge on any atom is 0.122 e. The first-order valence-corrected chi connectivity index (χ1v) is 8.48. The summed E-state index contributed by atoms with van der Waals surface area (Å²) in [5, 5.41) is 0. The van der Waals surface area contributed by atoms with E-state index in [1.807, 2.05) is 0 Å². The number of hydrogen-bond acceptors (Lipinski definition) is 1. The van der Waals surface area contributed by atoms with Gasteiger partial charge in [0.2, 0.25) is 0 Å². The second kappa shape index (κ2) is 7.35. The van der Waals surface area contributed by atoms with Crippen LogP contribution in [-0.4, -0.2) is 7.11 Å². The van der Waals surface area contributed by atoms with Gasteiger partial charge in [0.1, 0.15) is 5.75 Å². The molecule has 1 heteroatoms. The van der Waals surface area contributed by atoms with E-state index in [9.17, 15) is 0 Å². The molecule has 3 aromatic rings. The molecule has 2 atom stereocenters. The zero-order chi connectivity index (χ0) is 16.9. The van der Waals surface area contributed by atoms with Crippen LogP contribution in [0.2, 0.25) is 0 Å². The summed E-state index contributed by atoms with van der Waals surface area (Å²) in [5.74, 6) is 1.61. The molecule has 0 fully saturated rings. The highest BCUT2D eigenvalue weighted by molar-refractivity contribution is 5.46. The normalized spacial score (nSPS) is 13.3. The van der Waals surface area contributed by atoms with E-state index in [2.05, 4.69) is 92.7 Å². The molecule has 0 aliphatic heterocycles. The fraction of sp³-hybridized carbons (Fsp3) is 0.217. The van der Waals surface area contributed by atoms with Crippen LogP contribution in [0.1, 0.15) is 47.9 Å². The van der Waals surface area contributed by atoms with Crippen LogP contribution < -0.4 is 4.74 Å². The van der Waals surface area contributed by atoms with Crippen LogP contribution in [0, 0.1) is 0 Å². The van der Waals surface area contributed by atoms with Crippen LogP contribution in [0.3, 0.4) is 0 Å². The molecule has 0 aliphatic rings. The lowest BCUT2D eigenvalue weighted by molar-refractivity contribution is 0.408. The van der Waals surface area contributed by atoms with Gasteiger partial charge in [0.25, 0.3) is 0 Å². The van der Waals surface area contributed by atoms with Crippen molar-refractivity contribution < 1.29 is 4.74 Å². The average molecular weight is 316 g/mol. The molecule has 0 aliphatic carbocycles. The Kier molecular flexibility index (Phi) is 5.00. The number of rotatable bonds is 5. The zero-order valence-corrected chi connectivity index (χ0v) is 14.6. The summed E-state index contributed by atoms with van der Waals surface area (Å²) in [6.07, 6.45) is 0. The van der Waals surface area contributed by atoms with Gasteiger partial charge < -0.3 is 4.74 Å². The van der Waals surface area contributed by atoms with Crippen molar-refractivity contribution in [3.63, 3.8) is 0 Å². The van der Waals surface area contributed by atoms with E-state index in [0.29, 0.717) is 11.8 Å². The Morgan fingerprint density at radius 3 is 1.71 bits per heavy atom. The molecule has 24 heavy (non-hydrogen) atoms. The molecule has 0 N–H and O–H groups in total. The first-order valence-electron chi connectivity index (χ1n) is 8.48. The van der Waals surface area contributed by atoms with Gasteiger partial charge in [-0.2, -0.15) is 0 Å². The summed E-state index contributed by atoms with van der Waals surface area (Å²) in [5.41, 5.74) is 5.20. The molecule has 0 bridgehead atoms. The second-order valence-electron chi connectivity index (χ2n) is 6.27. The summed E-state index contributed by atoms with van der Waals surface area (Å²) < 4.78 is 5.63. The molecule has 122 valence electrons.